The number of non-ortho nitro benzene ring substituents is 1. The van der Waals surface area contributed by atoms with Crippen molar-refractivity contribution in [3.8, 4) is 5.75 Å². The van der Waals surface area contributed by atoms with E-state index in [0.29, 0.717) is 0 Å². The predicted molar refractivity (Wildman–Crippen MR) is 83.5 cm³/mol. The highest BCUT2D eigenvalue weighted by atomic mass is 35.5. The number of nitrogens with zero attached hydrogens (tertiary/aromatic N) is 2. The minimum atomic E-state index is -1.24. The molecule has 0 saturated carbocycles. The minimum absolute atomic E-state index is 0.217. The minimum Gasteiger partial charge on any atom is -0.458 e. The van der Waals surface area contributed by atoms with E-state index in [1.807, 2.05) is 30.3 Å². The van der Waals surface area contributed by atoms with Crippen LogP contribution in [0.5, 0.6) is 5.75 Å². The molecule has 0 aliphatic rings. The summed E-state index contributed by atoms with van der Waals surface area (Å²) in [5, 5.41) is 30.7. The Morgan fingerprint density at radius 3 is 2.09 bits per heavy atom. The summed E-state index contributed by atoms with van der Waals surface area (Å²) >= 11 is 5.54. The summed E-state index contributed by atoms with van der Waals surface area (Å²) in [6.45, 7) is 1.27. The molecule has 0 fully saturated rings. The third-order valence-corrected chi connectivity index (χ3v) is 2.63. The van der Waals surface area contributed by atoms with Gasteiger partial charge in [-0.15, -0.1) is 0 Å². The van der Waals surface area contributed by atoms with E-state index in [1.165, 1.54) is 6.92 Å². The Balaban J connectivity index is 0.000000313. The highest BCUT2D eigenvalue weighted by Crippen LogP contribution is 2.31. The molecule has 0 heterocycles. The predicted octanol–water partition coefficient (Wildman–Crippen LogP) is 3.56. The van der Waals surface area contributed by atoms with Crippen LogP contribution in [0.15, 0.2) is 48.5 Å². The van der Waals surface area contributed by atoms with Crippen LogP contribution in [0.4, 0.5) is 11.4 Å². The highest BCUT2D eigenvalue weighted by molar-refractivity contribution is 6.30. The number of aliphatic hydroxyl groups excluding tert-OH is 1. The van der Waals surface area contributed by atoms with Gasteiger partial charge in [0.25, 0.3) is 5.69 Å². The smallest absolute Gasteiger partial charge is 0.317 e. The van der Waals surface area contributed by atoms with E-state index >= 15 is 0 Å². The van der Waals surface area contributed by atoms with Crippen molar-refractivity contribution in [2.45, 2.75) is 13.2 Å². The van der Waals surface area contributed by atoms with Crippen LogP contribution in [0, 0.1) is 20.2 Å². The molecule has 1 unspecified atom stereocenters. The highest BCUT2D eigenvalue weighted by Gasteiger charge is 2.21. The number of nitro benzene ring substituents is 2. The van der Waals surface area contributed by atoms with E-state index in [4.69, 9.17) is 21.4 Å². The Labute approximate surface area is 136 Å². The summed E-state index contributed by atoms with van der Waals surface area (Å²) in [4.78, 5) is 19.4. The van der Waals surface area contributed by atoms with Crippen molar-refractivity contribution in [2.24, 2.45) is 0 Å². The van der Waals surface area contributed by atoms with E-state index in [2.05, 4.69) is 0 Å². The van der Waals surface area contributed by atoms with Gasteiger partial charge >= 0.3 is 5.69 Å². The lowest BCUT2D eigenvalue weighted by Crippen LogP contribution is -2.10. The number of hydrogen-bond acceptors (Lipinski definition) is 6. The molecule has 0 aliphatic carbocycles. The molecule has 0 aliphatic heterocycles. The van der Waals surface area contributed by atoms with Gasteiger partial charge in [0.2, 0.25) is 5.75 Å². The lowest BCUT2D eigenvalue weighted by atomic mass is 10.2. The van der Waals surface area contributed by atoms with Gasteiger partial charge in [-0.3, -0.25) is 20.2 Å². The van der Waals surface area contributed by atoms with Crippen LogP contribution in [0.3, 0.4) is 0 Å². The largest absolute Gasteiger partial charge is 0.458 e. The summed E-state index contributed by atoms with van der Waals surface area (Å²) in [7, 11) is 0. The Bertz CT molecular complexity index is 678. The quantitative estimate of drug-likeness (QED) is 0.516. The van der Waals surface area contributed by atoms with Crippen molar-refractivity contribution >= 4 is 23.0 Å². The fourth-order valence-electron chi connectivity index (χ4n) is 1.46. The normalized spacial score (nSPS) is 10.9. The van der Waals surface area contributed by atoms with Gasteiger partial charge in [0, 0.05) is 11.1 Å². The van der Waals surface area contributed by atoms with E-state index in [9.17, 15) is 20.2 Å². The van der Waals surface area contributed by atoms with E-state index in [1.54, 1.807) is 0 Å². The first-order valence-electron chi connectivity index (χ1n) is 6.29. The Morgan fingerprint density at radius 2 is 1.70 bits per heavy atom. The van der Waals surface area contributed by atoms with Crippen LogP contribution in [0.2, 0.25) is 5.02 Å². The van der Waals surface area contributed by atoms with Gasteiger partial charge in [-0.05, 0) is 25.1 Å². The molecule has 23 heavy (non-hydrogen) atoms. The topological polar surface area (TPSA) is 116 Å². The molecule has 122 valence electrons. The summed E-state index contributed by atoms with van der Waals surface area (Å²) in [5.41, 5.74) is -0.972. The molecule has 8 nitrogen and oxygen atoms in total. The lowest BCUT2D eigenvalue weighted by molar-refractivity contribution is -0.395. The van der Waals surface area contributed by atoms with Crippen LogP contribution in [0.25, 0.3) is 0 Å². The Morgan fingerprint density at radius 1 is 1.09 bits per heavy atom. The molecule has 2 rings (SSSR count). The summed E-state index contributed by atoms with van der Waals surface area (Å²) < 4.78 is 4.73. The van der Waals surface area contributed by atoms with Crippen LogP contribution in [0.1, 0.15) is 6.92 Å². The zero-order chi connectivity index (χ0) is 17.4. The first-order chi connectivity index (χ1) is 10.8. The van der Waals surface area contributed by atoms with Crippen molar-refractivity contribution in [1.29, 1.82) is 0 Å². The van der Waals surface area contributed by atoms with Gasteiger partial charge in [-0.25, -0.2) is 0 Å². The SMILES string of the molecule is CC(O)Oc1ccc([N+](=O)[O-])cc1[N+](=O)[O-].Clc1ccccc1. The second-order valence-electron chi connectivity index (χ2n) is 4.18. The maximum atomic E-state index is 10.6. The van der Waals surface area contributed by atoms with Gasteiger partial charge in [-0.2, -0.15) is 0 Å². The molecule has 2 aromatic carbocycles. The van der Waals surface area contributed by atoms with Crippen molar-refractivity contribution in [3.63, 3.8) is 0 Å². The van der Waals surface area contributed by atoms with Gasteiger partial charge in [0.1, 0.15) is 0 Å². The third kappa shape index (κ3) is 6.29. The fraction of sp³-hybridized carbons (Fsp3) is 0.143. The molecular weight excluding hydrogens is 328 g/mol. The van der Waals surface area contributed by atoms with Gasteiger partial charge in [0.05, 0.1) is 15.9 Å². The number of nitro groups is 2. The number of hydrogen-bond donors (Lipinski definition) is 1. The molecule has 1 atom stereocenters. The zero-order valence-electron chi connectivity index (χ0n) is 12.0. The number of halogens is 1. The van der Waals surface area contributed by atoms with E-state index in [0.717, 1.165) is 23.2 Å². The summed E-state index contributed by atoms with van der Waals surface area (Å²) in [5.74, 6) is -0.217. The average Bonchev–Trinajstić information content (AvgIpc) is 2.48. The Kier molecular flexibility index (Phi) is 6.91. The van der Waals surface area contributed by atoms with Crippen LogP contribution < -0.4 is 4.74 Å². The Hall–Kier alpha value is -2.71. The van der Waals surface area contributed by atoms with Crippen molar-refractivity contribution in [2.75, 3.05) is 0 Å². The molecule has 0 radical (unpaired) electrons. The maximum Gasteiger partial charge on any atom is 0.317 e. The molecule has 0 aromatic heterocycles. The molecule has 0 saturated heterocycles. The molecule has 0 bridgehead atoms. The van der Waals surface area contributed by atoms with Crippen molar-refractivity contribution in [3.05, 3.63) is 73.8 Å². The van der Waals surface area contributed by atoms with E-state index in [-0.39, 0.29) is 5.75 Å². The van der Waals surface area contributed by atoms with Crippen molar-refractivity contribution in [1.82, 2.24) is 0 Å². The van der Waals surface area contributed by atoms with Gasteiger partial charge < -0.3 is 9.84 Å². The van der Waals surface area contributed by atoms with Gasteiger partial charge in [-0.1, -0.05) is 29.8 Å². The summed E-state index contributed by atoms with van der Waals surface area (Å²) in [6.07, 6.45) is -1.24. The first kappa shape index (κ1) is 18.3. The van der Waals surface area contributed by atoms with Crippen LogP contribution >= 0.6 is 11.6 Å². The standard InChI is InChI=1S/C8H8N2O6.C6H5Cl/c1-5(11)16-8-3-2-6(9(12)13)4-7(8)10(14)15;7-6-4-2-1-3-5-6/h2-5,11H,1H3;1-5H. The van der Waals surface area contributed by atoms with Gasteiger partial charge in [0.15, 0.2) is 6.29 Å². The second-order valence-corrected chi connectivity index (χ2v) is 4.62. The van der Waals surface area contributed by atoms with Crippen molar-refractivity contribution < 1.29 is 19.7 Å². The molecule has 9 heteroatoms. The first-order valence-corrected chi connectivity index (χ1v) is 6.67. The number of ether oxygens (including phenoxy) is 1. The molecule has 0 spiro atoms. The van der Waals surface area contributed by atoms with E-state index < -0.39 is 27.5 Å². The van der Waals surface area contributed by atoms with Crippen LogP contribution in [-0.2, 0) is 0 Å². The summed E-state index contributed by atoms with van der Waals surface area (Å²) in [6, 6.07) is 12.4. The number of aliphatic hydroxyl groups is 1. The molecule has 2 aromatic rings. The van der Waals surface area contributed by atoms with Crippen LogP contribution in [-0.4, -0.2) is 21.2 Å². The second kappa shape index (κ2) is 8.66. The molecule has 0 amide bonds. The fourth-order valence-corrected chi connectivity index (χ4v) is 1.61. The zero-order valence-corrected chi connectivity index (χ0v) is 12.7. The molecule has 1 N–H and O–H groups in total. The third-order valence-electron chi connectivity index (χ3n) is 2.38. The maximum absolute atomic E-state index is 10.6. The lowest BCUT2D eigenvalue weighted by Gasteiger charge is -2.08. The monoisotopic (exact) mass is 340 g/mol. The average molecular weight is 341 g/mol. The molecular formula is C14H13ClN2O6. The number of rotatable bonds is 4. The number of benzene rings is 2.